The van der Waals surface area contributed by atoms with Crippen molar-refractivity contribution in [3.63, 3.8) is 0 Å². The maximum Gasteiger partial charge on any atom is 0.226 e. The summed E-state index contributed by atoms with van der Waals surface area (Å²) in [5.74, 6) is 0.399. The molecule has 0 aromatic heterocycles. The Balaban J connectivity index is 2.18. The van der Waals surface area contributed by atoms with Crippen LogP contribution in [0.3, 0.4) is 0 Å². The highest BCUT2D eigenvalue weighted by Crippen LogP contribution is 2.23. The second-order valence-electron chi connectivity index (χ2n) is 5.98. The number of hydrogen-bond acceptors (Lipinski definition) is 4. The minimum absolute atomic E-state index is 0.0164. The zero-order chi connectivity index (χ0) is 19.2. The van der Waals surface area contributed by atoms with Gasteiger partial charge in [0.25, 0.3) is 0 Å². The normalized spacial score (nSPS) is 12.4. The molecule has 2 aromatic rings. The van der Waals surface area contributed by atoms with Crippen molar-refractivity contribution in [2.24, 2.45) is 0 Å². The molecular weight excluding hydrogens is 352 g/mol. The van der Waals surface area contributed by atoms with E-state index in [9.17, 15) is 13.2 Å². The van der Waals surface area contributed by atoms with Gasteiger partial charge in [-0.15, -0.1) is 0 Å². The fraction of sp³-hybridized carbons (Fsp3) is 0.316. The monoisotopic (exact) mass is 376 g/mol. The molecule has 0 bridgehead atoms. The topological polar surface area (TPSA) is 84.5 Å². The van der Waals surface area contributed by atoms with Crippen LogP contribution in [0.5, 0.6) is 5.75 Å². The lowest BCUT2D eigenvalue weighted by Gasteiger charge is -2.18. The molecule has 26 heavy (non-hydrogen) atoms. The van der Waals surface area contributed by atoms with Gasteiger partial charge in [0, 0.05) is 12.1 Å². The largest absolute Gasteiger partial charge is 0.497 e. The summed E-state index contributed by atoms with van der Waals surface area (Å²) in [5, 5.41) is 2.87. The Kier molecular flexibility index (Phi) is 6.76. The number of rotatable bonds is 8. The van der Waals surface area contributed by atoms with E-state index in [0.29, 0.717) is 11.3 Å². The molecule has 0 saturated heterocycles. The molecule has 1 amide bonds. The number of hydrogen-bond donors (Lipinski definition) is 2. The van der Waals surface area contributed by atoms with E-state index in [1.165, 1.54) is 0 Å². The summed E-state index contributed by atoms with van der Waals surface area (Å²) in [5.41, 5.74) is 2.46. The van der Waals surface area contributed by atoms with E-state index in [-0.39, 0.29) is 12.3 Å². The molecule has 6 nitrogen and oxygen atoms in total. The van der Waals surface area contributed by atoms with Crippen molar-refractivity contribution in [1.82, 2.24) is 4.72 Å². The number of anilines is 1. The van der Waals surface area contributed by atoms with E-state index in [4.69, 9.17) is 4.74 Å². The van der Waals surface area contributed by atoms with E-state index in [2.05, 4.69) is 10.0 Å². The van der Waals surface area contributed by atoms with Crippen LogP contribution in [-0.2, 0) is 21.2 Å². The van der Waals surface area contributed by atoms with Gasteiger partial charge >= 0.3 is 0 Å². The summed E-state index contributed by atoms with van der Waals surface area (Å²) in [4.78, 5) is 12.5. The average Bonchev–Trinajstić information content (AvgIpc) is 2.60. The molecule has 0 saturated carbocycles. The zero-order valence-corrected chi connectivity index (χ0v) is 16.0. The van der Waals surface area contributed by atoms with Crippen LogP contribution < -0.4 is 14.8 Å². The molecule has 140 valence electrons. The van der Waals surface area contributed by atoms with Crippen LogP contribution in [0.4, 0.5) is 5.69 Å². The van der Waals surface area contributed by atoms with E-state index < -0.39 is 16.1 Å². The predicted octanol–water partition coefficient (Wildman–Crippen LogP) is 2.88. The zero-order valence-electron chi connectivity index (χ0n) is 15.2. The molecule has 0 heterocycles. The van der Waals surface area contributed by atoms with Crippen LogP contribution in [-0.4, -0.2) is 27.7 Å². The van der Waals surface area contributed by atoms with Crippen molar-refractivity contribution in [3.8, 4) is 5.75 Å². The Labute approximate surface area is 154 Å². The highest BCUT2D eigenvalue weighted by atomic mass is 32.2. The molecule has 7 heteroatoms. The SMILES string of the molecule is CCc1ccccc1NC(=O)CC(NS(C)(=O)=O)c1ccc(OC)cc1. The number of methoxy groups -OCH3 is 1. The molecule has 0 aliphatic heterocycles. The van der Waals surface area contributed by atoms with Crippen molar-refractivity contribution < 1.29 is 17.9 Å². The number of carbonyl (C=O) groups excluding carboxylic acids is 1. The number of nitrogens with one attached hydrogen (secondary N) is 2. The van der Waals surface area contributed by atoms with E-state index >= 15 is 0 Å². The third kappa shape index (κ3) is 5.86. The Morgan fingerprint density at radius 2 is 1.77 bits per heavy atom. The second-order valence-corrected chi connectivity index (χ2v) is 7.76. The minimum Gasteiger partial charge on any atom is -0.497 e. The predicted molar refractivity (Wildman–Crippen MR) is 103 cm³/mol. The minimum atomic E-state index is -3.48. The highest BCUT2D eigenvalue weighted by molar-refractivity contribution is 7.88. The first kappa shape index (κ1) is 19.9. The number of para-hydroxylation sites is 1. The average molecular weight is 376 g/mol. The first-order valence-electron chi connectivity index (χ1n) is 8.31. The van der Waals surface area contributed by atoms with Crippen molar-refractivity contribution in [3.05, 3.63) is 59.7 Å². The third-order valence-corrected chi connectivity index (χ3v) is 4.65. The molecule has 0 radical (unpaired) electrons. The molecular formula is C19H24N2O4S. The molecule has 0 aliphatic rings. The molecule has 0 spiro atoms. The van der Waals surface area contributed by atoms with Gasteiger partial charge in [-0.1, -0.05) is 37.3 Å². The van der Waals surface area contributed by atoms with Gasteiger partial charge in [-0.2, -0.15) is 0 Å². The van der Waals surface area contributed by atoms with Gasteiger partial charge in [0.05, 0.1) is 19.4 Å². The molecule has 1 atom stereocenters. The van der Waals surface area contributed by atoms with Gasteiger partial charge in [-0.05, 0) is 35.7 Å². The number of carbonyl (C=O) groups is 1. The molecule has 2 N–H and O–H groups in total. The van der Waals surface area contributed by atoms with Gasteiger partial charge < -0.3 is 10.1 Å². The van der Waals surface area contributed by atoms with Crippen molar-refractivity contribution in [1.29, 1.82) is 0 Å². The number of amides is 1. The van der Waals surface area contributed by atoms with Gasteiger partial charge in [0.15, 0.2) is 0 Å². The lowest BCUT2D eigenvalue weighted by atomic mass is 10.0. The molecule has 0 fully saturated rings. The van der Waals surface area contributed by atoms with Gasteiger partial charge in [-0.3, -0.25) is 4.79 Å². The number of benzene rings is 2. The summed E-state index contributed by atoms with van der Waals surface area (Å²) >= 11 is 0. The number of sulfonamides is 1. The number of aryl methyl sites for hydroxylation is 1. The summed E-state index contributed by atoms with van der Waals surface area (Å²) in [6.07, 6.45) is 1.85. The lowest BCUT2D eigenvalue weighted by molar-refractivity contribution is -0.116. The van der Waals surface area contributed by atoms with E-state index in [1.54, 1.807) is 31.4 Å². The van der Waals surface area contributed by atoms with Crippen LogP contribution in [0.1, 0.15) is 30.5 Å². The van der Waals surface area contributed by atoms with Crippen molar-refractivity contribution in [2.75, 3.05) is 18.7 Å². The van der Waals surface area contributed by atoms with Crippen LogP contribution in [0.15, 0.2) is 48.5 Å². The first-order valence-corrected chi connectivity index (χ1v) is 10.2. The summed E-state index contributed by atoms with van der Waals surface area (Å²) in [6.45, 7) is 2.01. The summed E-state index contributed by atoms with van der Waals surface area (Å²) in [6, 6.07) is 13.8. The Hall–Kier alpha value is -2.38. The van der Waals surface area contributed by atoms with Crippen LogP contribution in [0, 0.1) is 0 Å². The first-order chi connectivity index (χ1) is 12.3. The smallest absolute Gasteiger partial charge is 0.226 e. The summed E-state index contributed by atoms with van der Waals surface area (Å²) in [7, 11) is -1.92. The van der Waals surface area contributed by atoms with E-state index in [0.717, 1.165) is 23.9 Å². The van der Waals surface area contributed by atoms with Crippen molar-refractivity contribution in [2.45, 2.75) is 25.8 Å². The highest BCUT2D eigenvalue weighted by Gasteiger charge is 2.20. The molecule has 2 aromatic carbocycles. The van der Waals surface area contributed by atoms with E-state index in [1.807, 2.05) is 31.2 Å². The number of ether oxygens (including phenoxy) is 1. The van der Waals surface area contributed by atoms with Gasteiger partial charge in [0.1, 0.15) is 5.75 Å². The Morgan fingerprint density at radius 1 is 1.12 bits per heavy atom. The fourth-order valence-electron chi connectivity index (χ4n) is 2.66. The molecule has 1 unspecified atom stereocenters. The van der Waals surface area contributed by atoms with Crippen LogP contribution >= 0.6 is 0 Å². The maximum atomic E-state index is 12.5. The van der Waals surface area contributed by atoms with Gasteiger partial charge in [-0.25, -0.2) is 13.1 Å². The second kappa shape index (κ2) is 8.82. The summed E-state index contributed by atoms with van der Waals surface area (Å²) < 4.78 is 31.1. The quantitative estimate of drug-likeness (QED) is 0.742. The Morgan fingerprint density at radius 3 is 2.35 bits per heavy atom. The fourth-order valence-corrected chi connectivity index (χ4v) is 3.40. The van der Waals surface area contributed by atoms with Gasteiger partial charge in [0.2, 0.25) is 15.9 Å². The standard InChI is InChI=1S/C19H24N2O4S/c1-4-14-7-5-6-8-17(14)20-19(22)13-18(21-26(3,23)24)15-9-11-16(25-2)12-10-15/h5-12,18,21H,4,13H2,1-3H3,(H,20,22). The molecule has 2 rings (SSSR count). The lowest BCUT2D eigenvalue weighted by Crippen LogP contribution is -2.30. The third-order valence-electron chi connectivity index (χ3n) is 3.94. The maximum absolute atomic E-state index is 12.5. The van der Waals surface area contributed by atoms with Crippen LogP contribution in [0.25, 0.3) is 0 Å². The van der Waals surface area contributed by atoms with Crippen molar-refractivity contribution >= 4 is 21.6 Å². The Bertz CT molecular complexity index is 848. The van der Waals surface area contributed by atoms with Crippen LogP contribution in [0.2, 0.25) is 0 Å². The molecule has 0 aliphatic carbocycles.